The number of aromatic hydroxyl groups is 1. The Morgan fingerprint density at radius 1 is 1.15 bits per heavy atom. The molecular weight excluding hydrogens is 514 g/mol. The van der Waals surface area contributed by atoms with E-state index in [-0.39, 0.29) is 0 Å². The van der Waals surface area contributed by atoms with Gasteiger partial charge in [0.25, 0.3) is 0 Å². The molecule has 0 radical (unpaired) electrons. The number of halogens is 2. The van der Waals surface area contributed by atoms with Gasteiger partial charge in [-0.2, -0.15) is 9.61 Å². The highest BCUT2D eigenvalue weighted by Gasteiger charge is 2.20. The summed E-state index contributed by atoms with van der Waals surface area (Å²) in [4.78, 5) is 7.28. The smallest absolute Gasteiger partial charge is 0.172 e. The van der Waals surface area contributed by atoms with Crippen molar-refractivity contribution in [3.05, 3.63) is 75.9 Å². The minimum atomic E-state index is 0.334. The van der Waals surface area contributed by atoms with Crippen molar-refractivity contribution < 1.29 is 5.11 Å². The van der Waals surface area contributed by atoms with E-state index >= 15 is 0 Å². The molecule has 5 rings (SSSR count). The predicted octanol–water partition coefficient (Wildman–Crippen LogP) is 6.23. The zero-order valence-electron chi connectivity index (χ0n) is 18.8. The van der Waals surface area contributed by atoms with Gasteiger partial charge in [-0.15, -0.1) is 0 Å². The number of phenolic OH excluding ortho intramolecular Hbond substituents is 1. The molecule has 8 heteroatoms. The number of benzene rings is 2. The Morgan fingerprint density at radius 2 is 2.03 bits per heavy atom. The highest BCUT2D eigenvalue weighted by molar-refractivity contribution is 9.10. The number of fused-ring (bicyclic) bond motifs is 1. The normalized spacial score (nSPS) is 16.7. The second-order valence-electron chi connectivity index (χ2n) is 8.86. The number of rotatable bonds is 7. The molecule has 1 unspecified atom stereocenters. The fourth-order valence-corrected chi connectivity index (χ4v) is 5.30. The molecule has 0 bridgehead atoms. The molecule has 0 amide bonds. The Morgan fingerprint density at radius 3 is 2.88 bits per heavy atom. The van der Waals surface area contributed by atoms with E-state index in [1.807, 2.05) is 47.0 Å². The van der Waals surface area contributed by atoms with Crippen molar-refractivity contribution in [1.29, 1.82) is 0 Å². The third-order valence-electron chi connectivity index (χ3n) is 6.36. The molecule has 1 aliphatic heterocycles. The first-order valence-electron chi connectivity index (χ1n) is 11.6. The van der Waals surface area contributed by atoms with Crippen LogP contribution in [0.15, 0.2) is 65.3 Å². The number of aromatic nitrogens is 3. The molecular formula is C26H27BrClN5O. The van der Waals surface area contributed by atoms with Crippen molar-refractivity contribution in [2.45, 2.75) is 25.8 Å². The molecule has 2 aromatic heterocycles. The van der Waals surface area contributed by atoms with Gasteiger partial charge in [0, 0.05) is 36.3 Å². The second kappa shape index (κ2) is 10.3. The maximum Gasteiger partial charge on any atom is 0.172 e. The van der Waals surface area contributed by atoms with E-state index < -0.39 is 0 Å². The number of anilines is 1. The van der Waals surface area contributed by atoms with Crippen molar-refractivity contribution in [3.8, 4) is 17.0 Å². The van der Waals surface area contributed by atoms with Crippen LogP contribution in [0, 0.1) is 5.92 Å². The van der Waals surface area contributed by atoms with Gasteiger partial charge in [-0.05, 0) is 71.4 Å². The summed E-state index contributed by atoms with van der Waals surface area (Å²) in [6.07, 6.45) is 5.28. The molecule has 0 aliphatic carbocycles. The van der Waals surface area contributed by atoms with Gasteiger partial charge in [-0.1, -0.05) is 41.9 Å². The standard InChI is InChI=1S/C26H27BrClN5O/c27-22-15-30-33-25(14-24(31-26(22)33)21-8-1-2-9-23(21)28)29-11-10-18-6-4-12-32(16-18)17-19-5-3-7-20(34)13-19/h1-3,5,7-9,13-15,18,29,34H,4,6,10-12,16-17H2. The molecule has 4 aromatic rings. The monoisotopic (exact) mass is 539 g/mol. The molecule has 1 saturated heterocycles. The first-order valence-corrected chi connectivity index (χ1v) is 12.8. The van der Waals surface area contributed by atoms with Gasteiger partial charge in [-0.25, -0.2) is 4.98 Å². The number of hydrogen-bond acceptors (Lipinski definition) is 5. The van der Waals surface area contributed by atoms with Crippen LogP contribution < -0.4 is 5.32 Å². The van der Waals surface area contributed by atoms with Crippen LogP contribution in [0.4, 0.5) is 5.82 Å². The molecule has 3 heterocycles. The largest absolute Gasteiger partial charge is 0.508 e. The van der Waals surface area contributed by atoms with Crippen LogP contribution in [0.25, 0.3) is 16.9 Å². The van der Waals surface area contributed by atoms with Crippen LogP contribution in [-0.4, -0.2) is 44.2 Å². The van der Waals surface area contributed by atoms with Gasteiger partial charge < -0.3 is 10.4 Å². The zero-order chi connectivity index (χ0) is 23.5. The number of phenols is 1. The molecule has 6 nitrogen and oxygen atoms in total. The number of piperidine rings is 1. The number of likely N-dealkylation sites (tertiary alicyclic amines) is 1. The van der Waals surface area contributed by atoms with E-state index in [9.17, 15) is 5.11 Å². The summed E-state index contributed by atoms with van der Waals surface area (Å²) >= 11 is 10.0. The van der Waals surface area contributed by atoms with Gasteiger partial charge in [0.05, 0.1) is 16.4 Å². The lowest BCUT2D eigenvalue weighted by atomic mass is 9.94. The molecule has 0 saturated carbocycles. The van der Waals surface area contributed by atoms with E-state index in [2.05, 4.69) is 37.3 Å². The summed E-state index contributed by atoms with van der Waals surface area (Å²) in [5, 5.41) is 18.5. The van der Waals surface area contributed by atoms with E-state index in [0.29, 0.717) is 16.7 Å². The molecule has 34 heavy (non-hydrogen) atoms. The highest BCUT2D eigenvalue weighted by Crippen LogP contribution is 2.30. The van der Waals surface area contributed by atoms with Crippen LogP contribution >= 0.6 is 27.5 Å². The van der Waals surface area contributed by atoms with Crippen LogP contribution in [0.3, 0.4) is 0 Å². The molecule has 0 spiro atoms. The quantitative estimate of drug-likeness (QED) is 0.291. The number of nitrogens with zero attached hydrogens (tertiary/aromatic N) is 4. The Hall–Kier alpha value is -2.61. The minimum absolute atomic E-state index is 0.334. The first-order chi connectivity index (χ1) is 16.6. The Bertz CT molecular complexity index is 1290. The van der Waals surface area contributed by atoms with Crippen molar-refractivity contribution in [2.75, 3.05) is 25.0 Å². The summed E-state index contributed by atoms with van der Waals surface area (Å²) in [6, 6.07) is 17.4. The Labute approximate surface area is 212 Å². The Kier molecular flexibility index (Phi) is 7.04. The summed E-state index contributed by atoms with van der Waals surface area (Å²) in [6.45, 7) is 3.91. The van der Waals surface area contributed by atoms with Crippen molar-refractivity contribution in [1.82, 2.24) is 19.5 Å². The van der Waals surface area contributed by atoms with E-state index in [0.717, 1.165) is 65.4 Å². The number of hydrogen-bond donors (Lipinski definition) is 2. The van der Waals surface area contributed by atoms with Gasteiger partial charge in [0.15, 0.2) is 5.65 Å². The molecule has 1 aliphatic rings. The topological polar surface area (TPSA) is 65.7 Å². The molecule has 1 fully saturated rings. The Balaban J connectivity index is 1.26. The maximum absolute atomic E-state index is 9.75. The van der Waals surface area contributed by atoms with Gasteiger partial charge in [0.1, 0.15) is 11.6 Å². The van der Waals surface area contributed by atoms with Crippen LogP contribution in [0.1, 0.15) is 24.8 Å². The fourth-order valence-electron chi connectivity index (χ4n) is 4.72. The lowest BCUT2D eigenvalue weighted by Crippen LogP contribution is -2.35. The van der Waals surface area contributed by atoms with Crippen LogP contribution in [-0.2, 0) is 6.54 Å². The van der Waals surface area contributed by atoms with Crippen molar-refractivity contribution in [3.63, 3.8) is 0 Å². The molecule has 1 atom stereocenters. The third-order valence-corrected chi connectivity index (χ3v) is 7.25. The lowest BCUT2D eigenvalue weighted by Gasteiger charge is -2.33. The van der Waals surface area contributed by atoms with E-state index in [4.69, 9.17) is 16.6 Å². The van der Waals surface area contributed by atoms with Crippen LogP contribution in [0.5, 0.6) is 5.75 Å². The van der Waals surface area contributed by atoms with E-state index in [1.54, 1.807) is 12.3 Å². The van der Waals surface area contributed by atoms with Gasteiger partial charge in [-0.3, -0.25) is 4.90 Å². The fraction of sp³-hybridized carbons (Fsp3) is 0.308. The summed E-state index contributed by atoms with van der Waals surface area (Å²) < 4.78 is 2.68. The maximum atomic E-state index is 9.75. The average Bonchev–Trinajstić information content (AvgIpc) is 3.20. The third kappa shape index (κ3) is 5.22. The van der Waals surface area contributed by atoms with Gasteiger partial charge in [0.2, 0.25) is 0 Å². The van der Waals surface area contributed by atoms with Crippen LogP contribution in [0.2, 0.25) is 5.02 Å². The summed E-state index contributed by atoms with van der Waals surface area (Å²) in [5.74, 6) is 1.86. The second-order valence-corrected chi connectivity index (χ2v) is 10.1. The van der Waals surface area contributed by atoms with Crippen molar-refractivity contribution in [2.24, 2.45) is 5.92 Å². The summed E-state index contributed by atoms with van der Waals surface area (Å²) in [5.41, 5.74) is 3.64. The summed E-state index contributed by atoms with van der Waals surface area (Å²) in [7, 11) is 0. The predicted molar refractivity (Wildman–Crippen MR) is 140 cm³/mol. The zero-order valence-corrected chi connectivity index (χ0v) is 21.1. The van der Waals surface area contributed by atoms with Crippen molar-refractivity contribution >= 4 is 39.0 Å². The minimum Gasteiger partial charge on any atom is -0.508 e. The van der Waals surface area contributed by atoms with E-state index in [1.165, 1.54) is 12.8 Å². The van der Waals surface area contributed by atoms with Gasteiger partial charge >= 0.3 is 0 Å². The lowest BCUT2D eigenvalue weighted by molar-refractivity contribution is 0.163. The average molecular weight is 541 g/mol. The molecule has 2 aromatic carbocycles. The number of nitrogens with one attached hydrogen (secondary N) is 1. The molecule has 2 N–H and O–H groups in total. The highest BCUT2D eigenvalue weighted by atomic mass is 79.9. The first kappa shape index (κ1) is 23.1. The SMILES string of the molecule is Oc1cccc(CN2CCCC(CCNc3cc(-c4ccccc4Cl)nc4c(Br)cnn34)C2)c1. The molecule has 176 valence electrons.